The third kappa shape index (κ3) is 4.23. The number of ether oxygens (including phenoxy) is 2. The molecule has 0 spiro atoms. The quantitative estimate of drug-likeness (QED) is 0.843. The highest BCUT2D eigenvalue weighted by Crippen LogP contribution is 2.30. The maximum absolute atomic E-state index is 6.28. The summed E-state index contributed by atoms with van der Waals surface area (Å²) >= 11 is 0. The summed E-state index contributed by atoms with van der Waals surface area (Å²) in [6.07, 6.45) is 0.774. The van der Waals surface area contributed by atoms with Crippen molar-refractivity contribution in [3.8, 4) is 11.5 Å². The van der Waals surface area contributed by atoms with E-state index in [1.807, 2.05) is 44.2 Å². The Hall–Kier alpha value is -2.00. The van der Waals surface area contributed by atoms with Crippen LogP contribution < -0.4 is 15.2 Å². The van der Waals surface area contributed by atoms with Crippen LogP contribution in [0.15, 0.2) is 48.5 Å². The fourth-order valence-electron chi connectivity index (χ4n) is 2.29. The molecule has 21 heavy (non-hydrogen) atoms. The van der Waals surface area contributed by atoms with Gasteiger partial charge in [-0.05, 0) is 43.5 Å². The van der Waals surface area contributed by atoms with E-state index in [2.05, 4.69) is 18.2 Å². The lowest BCUT2D eigenvalue weighted by atomic mass is 9.99. The summed E-state index contributed by atoms with van der Waals surface area (Å²) in [7, 11) is 0. The minimum atomic E-state index is -0.0152. The highest BCUT2D eigenvalue weighted by atomic mass is 16.5. The first-order chi connectivity index (χ1) is 10.2. The van der Waals surface area contributed by atoms with Gasteiger partial charge in [-0.1, -0.05) is 36.4 Å². The third-order valence-electron chi connectivity index (χ3n) is 3.29. The van der Waals surface area contributed by atoms with Crippen LogP contribution >= 0.6 is 0 Å². The number of nitrogens with two attached hydrogens (primary N) is 1. The van der Waals surface area contributed by atoms with E-state index >= 15 is 0 Å². The molecular formula is C18H23NO2. The highest BCUT2D eigenvalue weighted by Gasteiger charge is 2.10. The molecule has 0 amide bonds. The van der Waals surface area contributed by atoms with Crippen LogP contribution in [0.5, 0.6) is 11.5 Å². The molecule has 3 heteroatoms. The first kappa shape index (κ1) is 15.4. The van der Waals surface area contributed by atoms with Crippen LogP contribution in [0.2, 0.25) is 0 Å². The maximum atomic E-state index is 6.28. The van der Waals surface area contributed by atoms with Crippen molar-refractivity contribution in [3.05, 3.63) is 59.7 Å². The van der Waals surface area contributed by atoms with Gasteiger partial charge in [-0.15, -0.1) is 0 Å². The van der Waals surface area contributed by atoms with E-state index in [0.29, 0.717) is 13.2 Å². The average molecular weight is 285 g/mol. The standard InChI is InChI=1S/C18H23NO2/c1-3-20-17-11-10-14(13-18(17)21-4-2)12-16(19)15-8-6-5-7-9-15/h5-11,13,16H,3-4,12,19H2,1-2H3. The highest BCUT2D eigenvalue weighted by molar-refractivity contribution is 5.43. The van der Waals surface area contributed by atoms with Crippen molar-refractivity contribution in [3.63, 3.8) is 0 Å². The lowest BCUT2D eigenvalue weighted by Gasteiger charge is -2.15. The molecule has 2 aromatic carbocycles. The van der Waals surface area contributed by atoms with Gasteiger partial charge in [0, 0.05) is 6.04 Å². The predicted octanol–water partition coefficient (Wildman–Crippen LogP) is 3.73. The largest absolute Gasteiger partial charge is 0.490 e. The van der Waals surface area contributed by atoms with Crippen molar-refractivity contribution in [2.24, 2.45) is 5.73 Å². The molecule has 112 valence electrons. The van der Waals surface area contributed by atoms with Gasteiger partial charge in [0.2, 0.25) is 0 Å². The number of hydrogen-bond acceptors (Lipinski definition) is 3. The molecule has 2 aromatic rings. The Kier molecular flexibility index (Phi) is 5.64. The summed E-state index contributed by atoms with van der Waals surface area (Å²) in [5.74, 6) is 1.58. The predicted molar refractivity (Wildman–Crippen MR) is 85.9 cm³/mol. The Balaban J connectivity index is 2.14. The van der Waals surface area contributed by atoms with Gasteiger partial charge in [-0.3, -0.25) is 0 Å². The van der Waals surface area contributed by atoms with Crippen LogP contribution in [0.3, 0.4) is 0 Å². The molecular weight excluding hydrogens is 262 g/mol. The summed E-state index contributed by atoms with van der Waals surface area (Å²) < 4.78 is 11.2. The molecule has 0 aromatic heterocycles. The fraction of sp³-hybridized carbons (Fsp3) is 0.333. The van der Waals surface area contributed by atoms with E-state index in [1.165, 1.54) is 0 Å². The van der Waals surface area contributed by atoms with E-state index in [1.54, 1.807) is 0 Å². The van der Waals surface area contributed by atoms with Crippen LogP contribution in [0, 0.1) is 0 Å². The maximum Gasteiger partial charge on any atom is 0.161 e. The van der Waals surface area contributed by atoms with Gasteiger partial charge >= 0.3 is 0 Å². The first-order valence-corrected chi connectivity index (χ1v) is 7.43. The Morgan fingerprint density at radius 2 is 1.57 bits per heavy atom. The van der Waals surface area contributed by atoms with Crippen molar-refractivity contribution in [1.82, 2.24) is 0 Å². The molecule has 2 N–H and O–H groups in total. The van der Waals surface area contributed by atoms with Crippen LogP contribution in [-0.2, 0) is 6.42 Å². The second-order valence-corrected chi connectivity index (χ2v) is 4.87. The average Bonchev–Trinajstić information content (AvgIpc) is 2.51. The lowest BCUT2D eigenvalue weighted by molar-refractivity contribution is 0.287. The van der Waals surface area contributed by atoms with Crippen molar-refractivity contribution >= 4 is 0 Å². The third-order valence-corrected chi connectivity index (χ3v) is 3.29. The van der Waals surface area contributed by atoms with E-state index in [-0.39, 0.29) is 6.04 Å². The minimum Gasteiger partial charge on any atom is -0.490 e. The van der Waals surface area contributed by atoms with Crippen molar-refractivity contribution in [2.75, 3.05) is 13.2 Å². The Bertz CT molecular complexity index is 554. The smallest absolute Gasteiger partial charge is 0.161 e. The van der Waals surface area contributed by atoms with Crippen LogP contribution in [0.1, 0.15) is 31.0 Å². The molecule has 0 saturated carbocycles. The molecule has 2 rings (SSSR count). The molecule has 0 aliphatic rings. The van der Waals surface area contributed by atoms with Crippen molar-refractivity contribution < 1.29 is 9.47 Å². The van der Waals surface area contributed by atoms with Crippen LogP contribution in [0.25, 0.3) is 0 Å². The van der Waals surface area contributed by atoms with Gasteiger partial charge < -0.3 is 15.2 Å². The number of hydrogen-bond donors (Lipinski definition) is 1. The molecule has 3 nitrogen and oxygen atoms in total. The fourth-order valence-corrected chi connectivity index (χ4v) is 2.29. The second kappa shape index (κ2) is 7.70. The molecule has 0 bridgehead atoms. The van der Waals surface area contributed by atoms with Gasteiger partial charge in [0.05, 0.1) is 13.2 Å². The normalized spacial score (nSPS) is 12.0. The molecule has 1 atom stereocenters. The van der Waals surface area contributed by atoms with Crippen LogP contribution in [0.4, 0.5) is 0 Å². The summed E-state index contributed by atoms with van der Waals surface area (Å²) in [4.78, 5) is 0. The van der Waals surface area contributed by atoms with Gasteiger partial charge in [0.15, 0.2) is 11.5 Å². The lowest BCUT2D eigenvalue weighted by Crippen LogP contribution is -2.13. The second-order valence-electron chi connectivity index (χ2n) is 4.87. The number of rotatable bonds is 7. The van der Waals surface area contributed by atoms with Gasteiger partial charge in [0.1, 0.15) is 0 Å². The SMILES string of the molecule is CCOc1ccc(CC(N)c2ccccc2)cc1OCC. The molecule has 1 unspecified atom stereocenters. The summed E-state index contributed by atoms with van der Waals surface area (Å²) in [5, 5.41) is 0. The first-order valence-electron chi connectivity index (χ1n) is 7.43. The zero-order chi connectivity index (χ0) is 15.1. The van der Waals surface area contributed by atoms with Gasteiger partial charge in [-0.2, -0.15) is 0 Å². The van der Waals surface area contributed by atoms with E-state index < -0.39 is 0 Å². The summed E-state index contributed by atoms with van der Waals surface area (Å²) in [6.45, 7) is 5.18. The molecule has 0 radical (unpaired) electrons. The Morgan fingerprint density at radius 1 is 0.905 bits per heavy atom. The van der Waals surface area contributed by atoms with Crippen molar-refractivity contribution in [1.29, 1.82) is 0 Å². The number of benzene rings is 2. The molecule has 0 fully saturated rings. The summed E-state index contributed by atoms with van der Waals surface area (Å²) in [6, 6.07) is 16.2. The molecule has 0 saturated heterocycles. The van der Waals surface area contributed by atoms with Gasteiger partial charge in [-0.25, -0.2) is 0 Å². The molecule has 0 aliphatic carbocycles. The topological polar surface area (TPSA) is 44.5 Å². The minimum absolute atomic E-state index is 0.0152. The monoisotopic (exact) mass is 285 g/mol. The van der Waals surface area contributed by atoms with E-state index in [0.717, 1.165) is 29.0 Å². The van der Waals surface area contributed by atoms with Crippen LogP contribution in [-0.4, -0.2) is 13.2 Å². The van der Waals surface area contributed by atoms with E-state index in [9.17, 15) is 0 Å². The van der Waals surface area contributed by atoms with Gasteiger partial charge in [0.25, 0.3) is 0 Å². The summed E-state index contributed by atoms with van der Waals surface area (Å²) in [5.41, 5.74) is 8.57. The van der Waals surface area contributed by atoms with E-state index in [4.69, 9.17) is 15.2 Å². The van der Waals surface area contributed by atoms with Crippen molar-refractivity contribution in [2.45, 2.75) is 26.3 Å². The molecule has 0 aliphatic heterocycles. The Labute approximate surface area is 126 Å². The molecule has 0 heterocycles. The Morgan fingerprint density at radius 3 is 2.24 bits per heavy atom. The zero-order valence-corrected chi connectivity index (χ0v) is 12.7. The zero-order valence-electron chi connectivity index (χ0n) is 12.7.